The quantitative estimate of drug-likeness (QED) is 0.344. The van der Waals surface area contributed by atoms with E-state index < -0.39 is 0 Å². The number of nitrogens with two attached hydrogens (primary N) is 2. The first-order valence-corrected chi connectivity index (χ1v) is 6.63. The zero-order valence-electron chi connectivity index (χ0n) is 12.1. The zero-order chi connectivity index (χ0) is 15.1. The molecule has 1 aromatic rings. The summed E-state index contributed by atoms with van der Waals surface area (Å²) in [6.45, 7) is 0.863. The van der Waals surface area contributed by atoms with Gasteiger partial charge in [0.15, 0.2) is 0 Å². The van der Waals surface area contributed by atoms with Gasteiger partial charge < -0.3 is 15.4 Å². The van der Waals surface area contributed by atoms with E-state index in [1.54, 1.807) is 7.11 Å². The fourth-order valence-electron chi connectivity index (χ4n) is 1.88. The molecule has 6 nitrogen and oxygen atoms in total. The Morgan fingerprint density at radius 1 is 1.45 bits per heavy atom. The first kappa shape index (κ1) is 16.6. The van der Waals surface area contributed by atoms with Crippen molar-refractivity contribution >= 4 is 17.9 Å². The van der Waals surface area contributed by atoms with Crippen LogP contribution >= 0.6 is 11.6 Å². The average molecular weight is 300 g/mol. The monoisotopic (exact) mass is 299 g/mol. The van der Waals surface area contributed by atoms with Crippen LogP contribution in [0.2, 0.25) is 5.02 Å². The number of benzene rings is 1. The van der Waals surface area contributed by atoms with Gasteiger partial charge in [0.2, 0.25) is 0 Å². The van der Waals surface area contributed by atoms with Crippen molar-refractivity contribution in [3.05, 3.63) is 28.8 Å². The fourth-order valence-corrected chi connectivity index (χ4v) is 2.15. The molecule has 0 aliphatic rings. The molecule has 0 amide bonds. The van der Waals surface area contributed by atoms with Gasteiger partial charge in [-0.25, -0.2) is 11.0 Å². The fraction of sp³-hybridized carbons (Fsp3) is 0.462. The van der Waals surface area contributed by atoms with Gasteiger partial charge in [-0.2, -0.15) is 5.10 Å². The number of rotatable bonds is 7. The minimum atomic E-state index is -0.111. The van der Waals surface area contributed by atoms with E-state index in [0.29, 0.717) is 10.8 Å². The number of halogens is 1. The topological polar surface area (TPSA) is 80.1 Å². The Kier molecular flexibility index (Phi) is 6.57. The van der Waals surface area contributed by atoms with Crippen molar-refractivity contribution in [1.29, 1.82) is 0 Å². The Morgan fingerprint density at radius 3 is 2.65 bits per heavy atom. The van der Waals surface area contributed by atoms with Gasteiger partial charge in [-0.1, -0.05) is 17.7 Å². The van der Waals surface area contributed by atoms with E-state index in [-0.39, 0.29) is 6.04 Å². The Bertz CT molecular complexity index is 452. The molecule has 1 rings (SSSR count). The van der Waals surface area contributed by atoms with Crippen molar-refractivity contribution in [1.82, 2.24) is 10.0 Å². The molecule has 0 saturated carbocycles. The van der Waals surface area contributed by atoms with Crippen molar-refractivity contribution in [2.75, 3.05) is 27.7 Å². The lowest BCUT2D eigenvalue weighted by atomic mass is 10.0. The highest BCUT2D eigenvalue weighted by Crippen LogP contribution is 2.30. The first-order chi connectivity index (χ1) is 9.49. The second-order valence-electron chi connectivity index (χ2n) is 4.65. The van der Waals surface area contributed by atoms with Gasteiger partial charge in [-0.05, 0) is 44.8 Å². The van der Waals surface area contributed by atoms with E-state index in [1.807, 2.05) is 32.3 Å². The highest BCUT2D eigenvalue weighted by Gasteiger charge is 2.18. The summed E-state index contributed by atoms with van der Waals surface area (Å²) in [6, 6.07) is 5.48. The zero-order valence-corrected chi connectivity index (χ0v) is 12.8. The molecule has 7 heteroatoms. The molecule has 1 aromatic carbocycles. The SMILES string of the molecule is COc1ccc(C(CCN(C)C)N(N)/N=C\N)cc1Cl. The van der Waals surface area contributed by atoms with Crippen LogP contribution in [0.3, 0.4) is 0 Å². The molecular weight excluding hydrogens is 278 g/mol. The van der Waals surface area contributed by atoms with Crippen LogP contribution in [0.1, 0.15) is 18.0 Å². The summed E-state index contributed by atoms with van der Waals surface area (Å²) in [5, 5.41) is 5.82. The summed E-state index contributed by atoms with van der Waals surface area (Å²) >= 11 is 6.16. The van der Waals surface area contributed by atoms with Crippen molar-refractivity contribution in [3.63, 3.8) is 0 Å². The third kappa shape index (κ3) is 4.56. The van der Waals surface area contributed by atoms with E-state index in [9.17, 15) is 0 Å². The molecule has 1 unspecified atom stereocenters. The van der Waals surface area contributed by atoms with Crippen LogP contribution in [-0.4, -0.2) is 44.1 Å². The maximum Gasteiger partial charge on any atom is 0.137 e. The highest BCUT2D eigenvalue weighted by molar-refractivity contribution is 6.32. The predicted molar refractivity (Wildman–Crippen MR) is 82.6 cm³/mol. The normalized spacial score (nSPS) is 12.9. The standard InChI is InChI=1S/C13H22ClN5O/c1-18(2)7-6-12(19(16)17-9-15)10-4-5-13(20-3)11(14)8-10/h4-5,8-9,12H,6-7,16H2,1-3H3,(H2,15,17). The largest absolute Gasteiger partial charge is 0.495 e. The summed E-state index contributed by atoms with van der Waals surface area (Å²) in [7, 11) is 5.59. The number of ether oxygens (including phenoxy) is 1. The lowest BCUT2D eigenvalue weighted by molar-refractivity contribution is 0.187. The van der Waals surface area contributed by atoms with Gasteiger partial charge >= 0.3 is 0 Å². The van der Waals surface area contributed by atoms with Gasteiger partial charge in [-0.3, -0.25) is 0 Å². The molecule has 0 spiro atoms. The predicted octanol–water partition coefficient (Wildman–Crippen LogP) is 1.42. The second kappa shape index (κ2) is 7.94. The van der Waals surface area contributed by atoms with Crippen molar-refractivity contribution in [3.8, 4) is 5.75 Å². The van der Waals surface area contributed by atoms with Gasteiger partial charge in [0, 0.05) is 0 Å². The van der Waals surface area contributed by atoms with Gasteiger partial charge in [0.05, 0.1) is 18.2 Å². The van der Waals surface area contributed by atoms with Crippen LogP contribution in [-0.2, 0) is 0 Å². The maximum atomic E-state index is 6.16. The molecule has 0 aromatic heterocycles. The number of hydrazine groups is 1. The Labute approximate surface area is 124 Å². The summed E-state index contributed by atoms with van der Waals surface area (Å²) in [6.07, 6.45) is 1.97. The van der Waals surface area contributed by atoms with Crippen LogP contribution in [0.4, 0.5) is 0 Å². The Morgan fingerprint density at radius 2 is 2.15 bits per heavy atom. The molecule has 0 bridgehead atoms. The van der Waals surface area contributed by atoms with E-state index in [1.165, 1.54) is 11.5 Å². The molecule has 0 aliphatic heterocycles. The third-order valence-electron chi connectivity index (χ3n) is 2.93. The molecule has 0 heterocycles. The van der Waals surface area contributed by atoms with Gasteiger partial charge in [0.1, 0.15) is 12.1 Å². The summed E-state index contributed by atoms with van der Waals surface area (Å²) in [5.41, 5.74) is 6.27. The molecule has 0 saturated heterocycles. The number of methoxy groups -OCH3 is 1. The summed E-state index contributed by atoms with van der Waals surface area (Å²) in [4.78, 5) is 2.08. The summed E-state index contributed by atoms with van der Waals surface area (Å²) in [5.74, 6) is 6.56. The van der Waals surface area contributed by atoms with Crippen molar-refractivity contribution in [2.45, 2.75) is 12.5 Å². The van der Waals surface area contributed by atoms with E-state index in [2.05, 4.69) is 10.0 Å². The lowest BCUT2D eigenvalue weighted by Gasteiger charge is -2.26. The van der Waals surface area contributed by atoms with E-state index in [4.69, 9.17) is 27.9 Å². The smallest absolute Gasteiger partial charge is 0.137 e. The second-order valence-corrected chi connectivity index (χ2v) is 5.05. The van der Waals surface area contributed by atoms with Crippen LogP contribution in [0.15, 0.2) is 23.3 Å². The van der Waals surface area contributed by atoms with Crippen molar-refractivity contribution in [2.24, 2.45) is 16.7 Å². The highest BCUT2D eigenvalue weighted by atomic mass is 35.5. The lowest BCUT2D eigenvalue weighted by Crippen LogP contribution is -2.33. The maximum absolute atomic E-state index is 6.16. The van der Waals surface area contributed by atoms with Crippen molar-refractivity contribution < 1.29 is 4.74 Å². The van der Waals surface area contributed by atoms with Crippen LogP contribution in [0, 0.1) is 0 Å². The molecule has 4 N–H and O–H groups in total. The first-order valence-electron chi connectivity index (χ1n) is 6.25. The number of hydrogen-bond donors (Lipinski definition) is 2. The number of hydrazone groups is 1. The minimum Gasteiger partial charge on any atom is -0.495 e. The summed E-state index contributed by atoms with van der Waals surface area (Å²) < 4.78 is 5.15. The molecule has 112 valence electrons. The Balaban J connectivity index is 2.99. The van der Waals surface area contributed by atoms with Gasteiger partial charge in [-0.15, -0.1) is 0 Å². The molecule has 0 radical (unpaired) electrons. The number of hydrogen-bond acceptors (Lipinski definition) is 5. The van der Waals surface area contributed by atoms with E-state index in [0.717, 1.165) is 18.5 Å². The van der Waals surface area contributed by atoms with Gasteiger partial charge in [0.25, 0.3) is 0 Å². The molecule has 0 aliphatic carbocycles. The average Bonchev–Trinajstić information content (AvgIpc) is 2.39. The minimum absolute atomic E-state index is 0.111. The molecule has 20 heavy (non-hydrogen) atoms. The molecular formula is C13H22ClN5O. The van der Waals surface area contributed by atoms with Crippen LogP contribution in [0.5, 0.6) is 5.75 Å². The molecule has 1 atom stereocenters. The van der Waals surface area contributed by atoms with Crippen LogP contribution in [0.25, 0.3) is 0 Å². The van der Waals surface area contributed by atoms with Crippen LogP contribution < -0.4 is 16.3 Å². The third-order valence-corrected chi connectivity index (χ3v) is 3.23. The van der Waals surface area contributed by atoms with E-state index >= 15 is 0 Å². The molecule has 0 fully saturated rings. The Hall–Kier alpha value is -1.50. The number of nitrogens with zero attached hydrogens (tertiary/aromatic N) is 3.